The molecule has 1 aromatic carbocycles. The van der Waals surface area contributed by atoms with Gasteiger partial charge in [-0.3, -0.25) is 4.21 Å². The maximum absolute atomic E-state index is 12.0. The highest BCUT2D eigenvalue weighted by molar-refractivity contribution is 7.85. The molecule has 0 aromatic heterocycles. The Hall–Kier alpha value is -0.0900. The van der Waals surface area contributed by atoms with Gasteiger partial charge in [0.05, 0.1) is 20.7 Å². The first-order chi connectivity index (χ1) is 7.79. The minimum atomic E-state index is -1.12. The van der Waals surface area contributed by atoms with Crippen molar-refractivity contribution in [3.63, 3.8) is 0 Å². The van der Waals surface area contributed by atoms with Gasteiger partial charge in [0.1, 0.15) is 0 Å². The molecular formula is C12H17Cl2NOS. The summed E-state index contributed by atoms with van der Waals surface area (Å²) in [7, 11) is -1.12. The number of rotatable bonds is 4. The van der Waals surface area contributed by atoms with Crippen molar-refractivity contribution >= 4 is 34.0 Å². The number of benzene rings is 1. The van der Waals surface area contributed by atoms with E-state index in [2.05, 4.69) is 26.1 Å². The Morgan fingerprint density at radius 2 is 1.94 bits per heavy atom. The van der Waals surface area contributed by atoms with E-state index in [9.17, 15) is 4.21 Å². The van der Waals surface area contributed by atoms with Crippen LogP contribution in [-0.2, 0) is 10.8 Å². The molecule has 0 saturated carbocycles. The lowest BCUT2D eigenvalue weighted by Crippen LogP contribution is -2.38. The quantitative estimate of drug-likeness (QED) is 0.921. The first-order valence-corrected chi connectivity index (χ1v) is 7.45. The molecule has 0 bridgehead atoms. The highest BCUT2D eigenvalue weighted by Crippen LogP contribution is 2.23. The third kappa shape index (κ3) is 5.38. The van der Waals surface area contributed by atoms with Gasteiger partial charge in [-0.1, -0.05) is 23.2 Å². The van der Waals surface area contributed by atoms with Crippen LogP contribution in [0.5, 0.6) is 0 Å². The molecule has 0 spiro atoms. The molecule has 1 aromatic rings. The standard InChI is InChI=1S/C12H17Cl2NOS/c1-12(2,3)15-6-7-17(16)11-8-9(13)4-5-10(11)14/h4-5,8,15H,6-7H2,1-3H3. The van der Waals surface area contributed by atoms with Crippen LogP contribution in [0.15, 0.2) is 23.1 Å². The average Bonchev–Trinajstić information content (AvgIpc) is 2.19. The summed E-state index contributed by atoms with van der Waals surface area (Å²) >= 11 is 11.8. The van der Waals surface area contributed by atoms with E-state index in [0.717, 1.165) is 0 Å². The smallest absolute Gasteiger partial charge is 0.0589 e. The number of nitrogens with one attached hydrogen (secondary N) is 1. The van der Waals surface area contributed by atoms with Crippen LogP contribution in [0, 0.1) is 0 Å². The summed E-state index contributed by atoms with van der Waals surface area (Å²) in [5, 5.41) is 4.35. The molecule has 1 unspecified atom stereocenters. The molecule has 0 aliphatic rings. The summed E-state index contributed by atoms with van der Waals surface area (Å²) in [6.07, 6.45) is 0. The predicted octanol–water partition coefficient (Wildman–Crippen LogP) is 3.49. The van der Waals surface area contributed by atoms with Gasteiger partial charge in [0, 0.05) is 22.9 Å². The molecule has 96 valence electrons. The van der Waals surface area contributed by atoms with Gasteiger partial charge in [-0.05, 0) is 39.0 Å². The fourth-order valence-corrected chi connectivity index (χ4v) is 2.94. The Kier molecular flexibility index (Phi) is 5.45. The van der Waals surface area contributed by atoms with Crippen molar-refractivity contribution in [3.8, 4) is 0 Å². The Morgan fingerprint density at radius 3 is 2.53 bits per heavy atom. The van der Waals surface area contributed by atoms with Crippen LogP contribution in [0.1, 0.15) is 20.8 Å². The molecular weight excluding hydrogens is 277 g/mol. The lowest BCUT2D eigenvalue weighted by Gasteiger charge is -2.20. The van der Waals surface area contributed by atoms with Gasteiger partial charge in [0.2, 0.25) is 0 Å². The number of hydrogen-bond donors (Lipinski definition) is 1. The van der Waals surface area contributed by atoms with Crippen LogP contribution >= 0.6 is 23.2 Å². The lowest BCUT2D eigenvalue weighted by molar-refractivity contribution is 0.440. The molecule has 2 nitrogen and oxygen atoms in total. The Labute approximate surface area is 115 Å². The van der Waals surface area contributed by atoms with Crippen LogP contribution in [0.4, 0.5) is 0 Å². The fraction of sp³-hybridized carbons (Fsp3) is 0.500. The van der Waals surface area contributed by atoms with Gasteiger partial charge in [-0.2, -0.15) is 0 Å². The third-order valence-corrected chi connectivity index (χ3v) is 4.16. The van der Waals surface area contributed by atoms with Gasteiger partial charge in [0.25, 0.3) is 0 Å². The Morgan fingerprint density at radius 1 is 1.29 bits per heavy atom. The van der Waals surface area contributed by atoms with Crippen molar-refractivity contribution in [2.75, 3.05) is 12.3 Å². The SMILES string of the molecule is CC(C)(C)NCCS(=O)c1cc(Cl)ccc1Cl. The van der Waals surface area contributed by atoms with Crippen molar-refractivity contribution in [1.82, 2.24) is 5.32 Å². The van der Waals surface area contributed by atoms with Crippen LogP contribution in [0.3, 0.4) is 0 Å². The molecule has 0 fully saturated rings. The minimum Gasteiger partial charge on any atom is -0.311 e. The van der Waals surface area contributed by atoms with Crippen molar-refractivity contribution in [2.24, 2.45) is 0 Å². The number of hydrogen-bond acceptors (Lipinski definition) is 2. The maximum Gasteiger partial charge on any atom is 0.0589 e. The molecule has 5 heteroatoms. The molecule has 1 N–H and O–H groups in total. The van der Waals surface area contributed by atoms with Crippen LogP contribution in [0.25, 0.3) is 0 Å². The van der Waals surface area contributed by atoms with E-state index in [1.54, 1.807) is 18.2 Å². The number of halogens is 2. The van der Waals surface area contributed by atoms with E-state index in [4.69, 9.17) is 23.2 Å². The Balaban J connectivity index is 2.61. The molecule has 1 rings (SSSR count). The molecule has 0 amide bonds. The van der Waals surface area contributed by atoms with Crippen molar-refractivity contribution in [3.05, 3.63) is 28.2 Å². The first-order valence-electron chi connectivity index (χ1n) is 5.38. The molecule has 0 heterocycles. The van der Waals surface area contributed by atoms with Crippen LogP contribution in [0.2, 0.25) is 10.0 Å². The largest absolute Gasteiger partial charge is 0.311 e. The van der Waals surface area contributed by atoms with Gasteiger partial charge in [0.15, 0.2) is 0 Å². The van der Waals surface area contributed by atoms with Crippen LogP contribution < -0.4 is 5.32 Å². The summed E-state index contributed by atoms with van der Waals surface area (Å²) in [6.45, 7) is 6.89. The highest BCUT2D eigenvalue weighted by atomic mass is 35.5. The maximum atomic E-state index is 12.0. The molecule has 0 radical (unpaired) electrons. The van der Waals surface area contributed by atoms with Crippen molar-refractivity contribution in [2.45, 2.75) is 31.2 Å². The Bertz CT molecular complexity index is 415. The molecule has 1 atom stereocenters. The van der Waals surface area contributed by atoms with E-state index in [1.165, 1.54) is 0 Å². The lowest BCUT2D eigenvalue weighted by atomic mass is 10.1. The zero-order valence-corrected chi connectivity index (χ0v) is 12.5. The minimum absolute atomic E-state index is 0.0301. The second-order valence-corrected chi connectivity index (χ2v) is 7.18. The topological polar surface area (TPSA) is 29.1 Å². The van der Waals surface area contributed by atoms with E-state index in [-0.39, 0.29) is 5.54 Å². The second-order valence-electron chi connectivity index (χ2n) is 4.80. The summed E-state index contributed by atoms with van der Waals surface area (Å²) in [6, 6.07) is 5.03. The van der Waals surface area contributed by atoms with Crippen LogP contribution in [-0.4, -0.2) is 22.0 Å². The predicted molar refractivity (Wildman–Crippen MR) is 75.5 cm³/mol. The molecule has 0 saturated heterocycles. The summed E-state index contributed by atoms with van der Waals surface area (Å²) in [5.74, 6) is 0.525. The average molecular weight is 294 g/mol. The van der Waals surface area contributed by atoms with E-state index < -0.39 is 10.8 Å². The summed E-state index contributed by atoms with van der Waals surface area (Å²) in [5.41, 5.74) is 0.0301. The van der Waals surface area contributed by atoms with Gasteiger partial charge in [-0.25, -0.2) is 0 Å². The van der Waals surface area contributed by atoms with Crippen molar-refractivity contribution < 1.29 is 4.21 Å². The normalized spacial score (nSPS) is 13.7. The van der Waals surface area contributed by atoms with Gasteiger partial charge < -0.3 is 5.32 Å². The van der Waals surface area contributed by atoms with Crippen molar-refractivity contribution in [1.29, 1.82) is 0 Å². The van der Waals surface area contributed by atoms with E-state index in [1.807, 2.05) is 0 Å². The molecule has 0 aliphatic carbocycles. The molecule has 17 heavy (non-hydrogen) atoms. The molecule has 0 aliphatic heterocycles. The zero-order chi connectivity index (χ0) is 13.1. The summed E-state index contributed by atoms with van der Waals surface area (Å²) < 4.78 is 12.0. The monoisotopic (exact) mass is 293 g/mol. The zero-order valence-electron chi connectivity index (χ0n) is 10.2. The van der Waals surface area contributed by atoms with E-state index in [0.29, 0.717) is 27.2 Å². The fourth-order valence-electron chi connectivity index (χ4n) is 1.28. The van der Waals surface area contributed by atoms with Gasteiger partial charge in [-0.15, -0.1) is 0 Å². The van der Waals surface area contributed by atoms with Gasteiger partial charge >= 0.3 is 0 Å². The first kappa shape index (κ1) is 15.0. The third-order valence-electron chi connectivity index (χ3n) is 2.08. The highest BCUT2D eigenvalue weighted by Gasteiger charge is 2.12. The summed E-state index contributed by atoms with van der Waals surface area (Å²) in [4.78, 5) is 0.606. The second kappa shape index (κ2) is 6.19. The van der Waals surface area contributed by atoms with E-state index >= 15 is 0 Å².